The van der Waals surface area contributed by atoms with E-state index < -0.39 is 0 Å². The van der Waals surface area contributed by atoms with Gasteiger partial charge in [0.1, 0.15) is 0 Å². The van der Waals surface area contributed by atoms with Crippen LogP contribution in [0.2, 0.25) is 0 Å². The van der Waals surface area contributed by atoms with Crippen molar-refractivity contribution in [2.45, 2.75) is 119 Å². The Morgan fingerprint density at radius 1 is 0.758 bits per heavy atom. The standard InChI is InChI=1S/3C10H18O/c3*1-8(2)6-10-7-9(3)4-5-11-10/h7-8,10H,4-6H2,1-3H3;4,8,10H,5-7H2,1-3H3;8,10H,3-7H2,1-2H3. The molecule has 0 aliphatic carbocycles. The van der Waals surface area contributed by atoms with Crippen molar-refractivity contribution in [1.82, 2.24) is 0 Å². The second kappa shape index (κ2) is 16.7. The molecule has 3 rings (SSSR count). The zero-order valence-corrected chi connectivity index (χ0v) is 23.1. The molecule has 3 heteroatoms. The van der Waals surface area contributed by atoms with Crippen molar-refractivity contribution in [2.24, 2.45) is 17.8 Å². The lowest BCUT2D eigenvalue weighted by Crippen LogP contribution is -2.21. The van der Waals surface area contributed by atoms with Crippen LogP contribution in [-0.2, 0) is 14.2 Å². The van der Waals surface area contributed by atoms with Gasteiger partial charge in [-0.3, -0.25) is 0 Å². The van der Waals surface area contributed by atoms with Gasteiger partial charge in [-0.1, -0.05) is 77.0 Å². The molecule has 0 spiro atoms. The maximum atomic E-state index is 5.60. The lowest BCUT2D eigenvalue weighted by molar-refractivity contribution is 0.0231. The van der Waals surface area contributed by atoms with Gasteiger partial charge in [0.05, 0.1) is 38.1 Å². The summed E-state index contributed by atoms with van der Waals surface area (Å²) in [4.78, 5) is 0. The van der Waals surface area contributed by atoms with E-state index in [1.165, 1.54) is 29.6 Å². The monoisotopic (exact) mass is 462 g/mol. The van der Waals surface area contributed by atoms with Gasteiger partial charge in [0.2, 0.25) is 0 Å². The highest BCUT2D eigenvalue weighted by molar-refractivity contribution is 5.05. The molecule has 3 nitrogen and oxygen atoms in total. The maximum Gasteiger partial charge on any atom is 0.0760 e. The van der Waals surface area contributed by atoms with Crippen LogP contribution in [0.3, 0.4) is 0 Å². The highest BCUT2D eigenvalue weighted by Crippen LogP contribution is 2.22. The van der Waals surface area contributed by atoms with Crippen LogP contribution >= 0.6 is 0 Å². The largest absolute Gasteiger partial charge is 0.378 e. The molecule has 3 heterocycles. The number of ether oxygens (including phenoxy) is 3. The van der Waals surface area contributed by atoms with Gasteiger partial charge in [0.15, 0.2) is 0 Å². The molecule has 3 aliphatic heterocycles. The summed E-state index contributed by atoms with van der Waals surface area (Å²) in [6, 6.07) is 0. The van der Waals surface area contributed by atoms with Crippen molar-refractivity contribution in [3.63, 3.8) is 0 Å². The highest BCUT2D eigenvalue weighted by atomic mass is 16.5. The van der Waals surface area contributed by atoms with E-state index in [0.29, 0.717) is 18.3 Å². The zero-order valence-electron chi connectivity index (χ0n) is 23.1. The number of hydrogen-bond donors (Lipinski definition) is 0. The number of hydrogen-bond acceptors (Lipinski definition) is 3. The normalized spacial score (nSPS) is 25.7. The molecular formula is C30H54O3. The molecule has 3 atom stereocenters. The summed E-state index contributed by atoms with van der Waals surface area (Å²) in [5.74, 6) is 2.24. The average molecular weight is 463 g/mol. The Hall–Kier alpha value is -0.900. The summed E-state index contributed by atoms with van der Waals surface area (Å²) in [6.07, 6.45) is 13.7. The Labute approximate surface area is 206 Å². The van der Waals surface area contributed by atoms with Gasteiger partial charge in [0.25, 0.3) is 0 Å². The predicted molar refractivity (Wildman–Crippen MR) is 143 cm³/mol. The first-order valence-corrected chi connectivity index (χ1v) is 13.4. The van der Waals surface area contributed by atoms with Crippen LogP contribution in [0.15, 0.2) is 35.5 Å². The molecule has 33 heavy (non-hydrogen) atoms. The minimum Gasteiger partial charge on any atom is -0.378 e. The van der Waals surface area contributed by atoms with Crippen LogP contribution < -0.4 is 0 Å². The van der Waals surface area contributed by atoms with Gasteiger partial charge in [-0.2, -0.15) is 0 Å². The Kier molecular flexibility index (Phi) is 15.2. The van der Waals surface area contributed by atoms with Crippen LogP contribution in [0.25, 0.3) is 0 Å². The van der Waals surface area contributed by atoms with E-state index >= 15 is 0 Å². The molecule has 1 saturated heterocycles. The predicted octanol–water partition coefficient (Wildman–Crippen LogP) is 8.30. The summed E-state index contributed by atoms with van der Waals surface area (Å²) in [5, 5.41) is 0. The van der Waals surface area contributed by atoms with Crippen LogP contribution in [-0.4, -0.2) is 38.1 Å². The fourth-order valence-electron chi connectivity index (χ4n) is 4.46. The molecule has 0 amide bonds. The molecule has 192 valence electrons. The van der Waals surface area contributed by atoms with Crippen LogP contribution in [0, 0.1) is 17.8 Å². The summed E-state index contributed by atoms with van der Waals surface area (Å²) in [7, 11) is 0. The minimum absolute atomic E-state index is 0.392. The molecule has 3 unspecified atom stereocenters. The third-order valence-electron chi connectivity index (χ3n) is 6.11. The first-order valence-electron chi connectivity index (χ1n) is 13.4. The SMILES string of the molecule is C=C1CCOC(CC(C)C)C1.CC1=CC(CC(C)C)OCC1.CC1=CCOC(CC(C)C)C1. The highest BCUT2D eigenvalue weighted by Gasteiger charge is 2.17. The van der Waals surface area contributed by atoms with Crippen LogP contribution in [0.5, 0.6) is 0 Å². The molecule has 0 aromatic rings. The number of rotatable bonds is 6. The van der Waals surface area contributed by atoms with Gasteiger partial charge in [-0.15, -0.1) is 0 Å². The van der Waals surface area contributed by atoms with E-state index in [4.69, 9.17) is 14.2 Å². The van der Waals surface area contributed by atoms with Gasteiger partial charge in [-0.25, -0.2) is 0 Å². The summed E-state index contributed by atoms with van der Waals surface area (Å²) in [6.45, 7) is 24.4. The second-order valence-electron chi connectivity index (χ2n) is 11.5. The topological polar surface area (TPSA) is 27.7 Å². The van der Waals surface area contributed by atoms with E-state index in [2.05, 4.69) is 74.1 Å². The fourth-order valence-corrected chi connectivity index (χ4v) is 4.46. The first kappa shape index (κ1) is 30.1. The second-order valence-corrected chi connectivity index (χ2v) is 11.5. The van der Waals surface area contributed by atoms with Gasteiger partial charge >= 0.3 is 0 Å². The Morgan fingerprint density at radius 2 is 1.33 bits per heavy atom. The molecule has 0 aromatic heterocycles. The third kappa shape index (κ3) is 15.6. The van der Waals surface area contributed by atoms with Crippen LogP contribution in [0.4, 0.5) is 0 Å². The average Bonchev–Trinajstić information content (AvgIpc) is 2.67. The van der Waals surface area contributed by atoms with Crippen LogP contribution in [0.1, 0.15) is 100 Å². The Morgan fingerprint density at radius 3 is 1.85 bits per heavy atom. The zero-order chi connectivity index (χ0) is 24.8. The van der Waals surface area contributed by atoms with Crippen molar-refractivity contribution < 1.29 is 14.2 Å². The fraction of sp³-hybridized carbons (Fsp3) is 0.800. The van der Waals surface area contributed by atoms with Crippen molar-refractivity contribution in [3.8, 4) is 0 Å². The molecule has 1 fully saturated rings. The third-order valence-corrected chi connectivity index (χ3v) is 6.11. The van der Waals surface area contributed by atoms with Gasteiger partial charge in [0, 0.05) is 0 Å². The van der Waals surface area contributed by atoms with Crippen molar-refractivity contribution in [3.05, 3.63) is 35.5 Å². The maximum absolute atomic E-state index is 5.60. The Bertz CT molecular complexity index is 592. The smallest absolute Gasteiger partial charge is 0.0760 e. The molecule has 0 N–H and O–H groups in total. The molecule has 3 aliphatic rings. The van der Waals surface area contributed by atoms with E-state index in [9.17, 15) is 0 Å². The first-order chi connectivity index (χ1) is 15.5. The summed E-state index contributed by atoms with van der Waals surface area (Å²) in [5.41, 5.74) is 4.34. The molecule has 0 radical (unpaired) electrons. The molecule has 0 bridgehead atoms. The van der Waals surface area contributed by atoms with E-state index in [1.54, 1.807) is 0 Å². The lowest BCUT2D eigenvalue weighted by Gasteiger charge is -2.25. The quantitative estimate of drug-likeness (QED) is 0.371. The van der Waals surface area contributed by atoms with Crippen molar-refractivity contribution in [1.29, 1.82) is 0 Å². The van der Waals surface area contributed by atoms with E-state index in [1.807, 2.05) is 0 Å². The molecule has 0 aromatic carbocycles. The summed E-state index contributed by atoms with van der Waals surface area (Å²) < 4.78 is 16.8. The van der Waals surface area contributed by atoms with Gasteiger partial charge in [-0.05, 0) is 76.5 Å². The molecule has 0 saturated carbocycles. The molecular weight excluding hydrogens is 408 g/mol. The van der Waals surface area contributed by atoms with Gasteiger partial charge < -0.3 is 14.2 Å². The minimum atomic E-state index is 0.392. The van der Waals surface area contributed by atoms with Crippen molar-refractivity contribution >= 4 is 0 Å². The van der Waals surface area contributed by atoms with Crippen molar-refractivity contribution in [2.75, 3.05) is 19.8 Å². The van der Waals surface area contributed by atoms with E-state index in [0.717, 1.165) is 69.7 Å². The lowest BCUT2D eigenvalue weighted by atomic mass is 9.97. The Balaban J connectivity index is 0.000000247. The van der Waals surface area contributed by atoms with E-state index in [-0.39, 0.29) is 0 Å². The summed E-state index contributed by atoms with van der Waals surface area (Å²) >= 11 is 0.